The Hall–Kier alpha value is -2.67. The van der Waals surface area contributed by atoms with Crippen molar-refractivity contribution in [3.05, 3.63) is 29.6 Å². The molecule has 0 bridgehead atoms. The lowest BCUT2D eigenvalue weighted by Crippen LogP contribution is -2.41. The molecule has 1 fully saturated rings. The molecular formula is C18H22F3N5O4S. The fraction of sp³-hybridized carbons (Fsp3) is 0.500. The van der Waals surface area contributed by atoms with Crippen LogP contribution >= 0.6 is 0 Å². The van der Waals surface area contributed by atoms with Crippen LogP contribution in [0.4, 0.5) is 19.1 Å². The number of amides is 1. The van der Waals surface area contributed by atoms with Gasteiger partial charge in [-0.25, -0.2) is 13.1 Å². The minimum absolute atomic E-state index is 0.0322. The van der Waals surface area contributed by atoms with Crippen molar-refractivity contribution in [2.75, 3.05) is 12.4 Å². The van der Waals surface area contributed by atoms with Crippen LogP contribution in [0.25, 0.3) is 0 Å². The Bertz CT molecular complexity index is 1050. The molecule has 3 rings (SSSR count). The lowest BCUT2D eigenvalue weighted by molar-refractivity contribution is -0.144. The number of nitrogens with zero attached hydrogens (tertiary/aromatic N) is 2. The SMILES string of the molecule is COc1ccc(C(=O)Nc2n[nH]c(C(F)(F)F)n2)cc1S(=O)(=O)NC1CCCCC1C. The summed E-state index contributed by atoms with van der Waals surface area (Å²) in [6, 6.07) is 3.44. The van der Waals surface area contributed by atoms with Gasteiger partial charge < -0.3 is 4.74 Å². The maximum Gasteiger partial charge on any atom is 0.451 e. The third-order valence-electron chi connectivity index (χ3n) is 5.11. The van der Waals surface area contributed by atoms with Crippen molar-refractivity contribution in [1.82, 2.24) is 19.9 Å². The molecule has 9 nitrogen and oxygen atoms in total. The molecule has 3 N–H and O–H groups in total. The molecule has 13 heteroatoms. The number of benzene rings is 1. The van der Waals surface area contributed by atoms with Crippen LogP contribution in [-0.2, 0) is 16.2 Å². The Labute approximate surface area is 176 Å². The van der Waals surface area contributed by atoms with Crippen molar-refractivity contribution in [2.45, 2.75) is 49.7 Å². The Balaban J connectivity index is 1.84. The van der Waals surface area contributed by atoms with Crippen molar-refractivity contribution < 1.29 is 31.1 Å². The molecule has 2 aromatic rings. The maximum atomic E-state index is 13.0. The predicted octanol–water partition coefficient (Wildman–Crippen LogP) is 2.94. The van der Waals surface area contributed by atoms with Crippen LogP contribution in [0.5, 0.6) is 5.75 Å². The molecule has 1 saturated carbocycles. The summed E-state index contributed by atoms with van der Waals surface area (Å²) in [5, 5.41) is 7.08. The number of rotatable bonds is 6. The van der Waals surface area contributed by atoms with Gasteiger partial charge in [0, 0.05) is 11.6 Å². The second kappa shape index (κ2) is 8.83. The van der Waals surface area contributed by atoms with Gasteiger partial charge in [-0.1, -0.05) is 19.8 Å². The molecule has 1 amide bonds. The number of hydrogen-bond acceptors (Lipinski definition) is 6. The number of aromatic amines is 1. The van der Waals surface area contributed by atoms with Crippen molar-refractivity contribution >= 4 is 21.9 Å². The van der Waals surface area contributed by atoms with Gasteiger partial charge in [0.15, 0.2) is 0 Å². The van der Waals surface area contributed by atoms with Crippen LogP contribution in [0, 0.1) is 5.92 Å². The van der Waals surface area contributed by atoms with E-state index < -0.39 is 33.9 Å². The second-order valence-corrected chi connectivity index (χ2v) is 9.00. The van der Waals surface area contributed by atoms with E-state index in [0.29, 0.717) is 6.42 Å². The van der Waals surface area contributed by atoms with Crippen LogP contribution in [0.1, 0.15) is 48.8 Å². The van der Waals surface area contributed by atoms with E-state index >= 15 is 0 Å². The van der Waals surface area contributed by atoms with Gasteiger partial charge in [0.1, 0.15) is 10.6 Å². The van der Waals surface area contributed by atoms with Crippen molar-refractivity contribution in [2.24, 2.45) is 5.92 Å². The van der Waals surface area contributed by atoms with E-state index in [4.69, 9.17) is 4.74 Å². The quantitative estimate of drug-likeness (QED) is 0.607. The van der Waals surface area contributed by atoms with E-state index in [0.717, 1.165) is 25.3 Å². The first-order chi connectivity index (χ1) is 14.5. The number of halogens is 3. The number of carbonyl (C=O) groups excluding carboxylic acids is 1. The smallest absolute Gasteiger partial charge is 0.451 e. The zero-order chi connectivity index (χ0) is 22.8. The number of aromatic nitrogens is 3. The number of nitrogens with one attached hydrogen (secondary N) is 3. The summed E-state index contributed by atoms with van der Waals surface area (Å²) in [7, 11) is -2.73. The first-order valence-corrected chi connectivity index (χ1v) is 11.0. The van der Waals surface area contributed by atoms with E-state index in [9.17, 15) is 26.4 Å². The van der Waals surface area contributed by atoms with Crippen LogP contribution in [0.2, 0.25) is 0 Å². The fourth-order valence-corrected chi connectivity index (χ4v) is 4.97. The zero-order valence-electron chi connectivity index (χ0n) is 16.8. The highest BCUT2D eigenvalue weighted by Crippen LogP contribution is 2.30. The number of alkyl halides is 3. The molecule has 2 unspecified atom stereocenters. The first kappa shape index (κ1) is 23.0. The monoisotopic (exact) mass is 461 g/mol. The largest absolute Gasteiger partial charge is 0.495 e. The van der Waals surface area contributed by atoms with E-state index in [1.54, 1.807) is 5.10 Å². The van der Waals surface area contributed by atoms with Gasteiger partial charge in [0.25, 0.3) is 5.91 Å². The van der Waals surface area contributed by atoms with E-state index in [1.165, 1.54) is 19.2 Å². The predicted molar refractivity (Wildman–Crippen MR) is 104 cm³/mol. The molecule has 1 aromatic carbocycles. The lowest BCUT2D eigenvalue weighted by Gasteiger charge is -2.29. The Morgan fingerprint density at radius 3 is 2.58 bits per heavy atom. The molecule has 31 heavy (non-hydrogen) atoms. The Morgan fingerprint density at radius 1 is 1.26 bits per heavy atom. The van der Waals surface area contributed by atoms with Gasteiger partial charge in [0.2, 0.25) is 21.8 Å². The summed E-state index contributed by atoms with van der Waals surface area (Å²) in [5.41, 5.74) is -0.115. The molecule has 0 spiro atoms. The summed E-state index contributed by atoms with van der Waals surface area (Å²) in [5.74, 6) is -2.64. The molecule has 1 aliphatic carbocycles. The topological polar surface area (TPSA) is 126 Å². The fourth-order valence-electron chi connectivity index (χ4n) is 3.40. The molecule has 2 atom stereocenters. The van der Waals surface area contributed by atoms with Gasteiger partial charge in [-0.2, -0.15) is 18.2 Å². The first-order valence-electron chi connectivity index (χ1n) is 9.52. The van der Waals surface area contributed by atoms with Crippen LogP contribution < -0.4 is 14.8 Å². The zero-order valence-corrected chi connectivity index (χ0v) is 17.6. The molecule has 1 heterocycles. The minimum Gasteiger partial charge on any atom is -0.495 e. The highest BCUT2D eigenvalue weighted by atomic mass is 32.2. The summed E-state index contributed by atoms with van der Waals surface area (Å²) in [4.78, 5) is 15.4. The summed E-state index contributed by atoms with van der Waals surface area (Å²) >= 11 is 0. The van der Waals surface area contributed by atoms with Gasteiger partial charge >= 0.3 is 6.18 Å². The minimum atomic E-state index is -4.75. The molecule has 1 aromatic heterocycles. The van der Waals surface area contributed by atoms with Crippen molar-refractivity contribution in [3.63, 3.8) is 0 Å². The number of methoxy groups -OCH3 is 1. The maximum absolute atomic E-state index is 13.0. The number of H-pyrrole nitrogens is 1. The third-order valence-corrected chi connectivity index (χ3v) is 6.62. The third kappa shape index (κ3) is 5.34. The van der Waals surface area contributed by atoms with Crippen molar-refractivity contribution in [3.8, 4) is 5.75 Å². The van der Waals surface area contributed by atoms with E-state index in [-0.39, 0.29) is 28.2 Å². The van der Waals surface area contributed by atoms with E-state index in [1.807, 2.05) is 6.92 Å². The molecule has 170 valence electrons. The highest BCUT2D eigenvalue weighted by Gasteiger charge is 2.35. The Kier molecular flexibility index (Phi) is 6.55. The van der Waals surface area contributed by atoms with Crippen molar-refractivity contribution in [1.29, 1.82) is 0 Å². The van der Waals surface area contributed by atoms with Gasteiger partial charge in [-0.3, -0.25) is 15.2 Å². The van der Waals surface area contributed by atoms with Crippen LogP contribution in [0.15, 0.2) is 23.1 Å². The average Bonchev–Trinajstić information content (AvgIpc) is 3.18. The molecule has 1 aliphatic rings. The number of hydrogen-bond donors (Lipinski definition) is 3. The summed E-state index contributed by atoms with van der Waals surface area (Å²) in [6.07, 6.45) is -1.19. The number of sulfonamides is 1. The van der Waals surface area contributed by atoms with Gasteiger partial charge in [0.05, 0.1) is 7.11 Å². The van der Waals surface area contributed by atoms with Crippen LogP contribution in [0.3, 0.4) is 0 Å². The van der Waals surface area contributed by atoms with Gasteiger partial charge in [-0.05, 0) is 37.0 Å². The number of anilines is 1. The number of ether oxygens (including phenoxy) is 1. The molecule has 0 saturated heterocycles. The van der Waals surface area contributed by atoms with Gasteiger partial charge in [-0.15, -0.1) is 5.10 Å². The molecular weight excluding hydrogens is 439 g/mol. The number of carbonyl (C=O) groups is 1. The van der Waals surface area contributed by atoms with Crippen LogP contribution in [-0.4, -0.2) is 42.7 Å². The summed E-state index contributed by atoms with van der Waals surface area (Å²) < 4.78 is 71.6. The Morgan fingerprint density at radius 2 is 1.97 bits per heavy atom. The normalized spacial score (nSPS) is 19.8. The highest BCUT2D eigenvalue weighted by molar-refractivity contribution is 7.89. The molecule has 0 radical (unpaired) electrons. The lowest BCUT2D eigenvalue weighted by atomic mass is 9.87. The standard InChI is InChI=1S/C18H22F3N5O4S/c1-10-5-3-4-6-12(10)26-31(28,29)14-9-11(7-8-13(14)30-2)15(27)22-17-23-16(24-25-17)18(19,20)21/h7-10,12,26H,3-6H2,1-2H3,(H2,22,23,24,25,27). The second-order valence-electron chi connectivity index (χ2n) is 7.31. The van der Waals surface area contributed by atoms with E-state index in [2.05, 4.69) is 20.1 Å². The molecule has 0 aliphatic heterocycles. The average molecular weight is 461 g/mol. The summed E-state index contributed by atoms with van der Waals surface area (Å²) in [6.45, 7) is 1.97.